The monoisotopic (exact) mass is 227 g/mol. The molecule has 15 heavy (non-hydrogen) atoms. The van der Waals surface area contributed by atoms with Crippen LogP contribution in [0.1, 0.15) is 20.3 Å². The number of hydrogen-bond donors (Lipinski definition) is 1. The van der Waals surface area contributed by atoms with E-state index < -0.39 is 0 Å². The van der Waals surface area contributed by atoms with E-state index in [1.807, 2.05) is 7.05 Å². The molecule has 0 saturated heterocycles. The van der Waals surface area contributed by atoms with Crippen molar-refractivity contribution >= 4 is 23.1 Å². The second-order valence-electron chi connectivity index (χ2n) is 3.94. The highest BCUT2D eigenvalue weighted by Gasteiger charge is 2.10. The van der Waals surface area contributed by atoms with Gasteiger partial charge in [-0.05, 0) is 18.1 Å². The topological polar surface area (TPSA) is 42.2 Å². The first-order valence-electron chi connectivity index (χ1n) is 5.17. The summed E-state index contributed by atoms with van der Waals surface area (Å²) in [7, 11) is 1.99. The number of anilines is 2. The summed E-state index contributed by atoms with van der Waals surface area (Å²) in [4.78, 5) is 6.28. The van der Waals surface area contributed by atoms with E-state index in [2.05, 4.69) is 23.7 Å². The Hall–Kier alpha value is -0.960. The van der Waals surface area contributed by atoms with Crippen molar-refractivity contribution in [2.45, 2.75) is 20.3 Å². The number of nitrogens with two attached hydrogens (primary N) is 1. The molecule has 0 bridgehead atoms. The van der Waals surface area contributed by atoms with Crippen molar-refractivity contribution in [2.24, 2.45) is 5.92 Å². The molecule has 1 rings (SSSR count). The van der Waals surface area contributed by atoms with Crippen molar-refractivity contribution in [3.8, 4) is 0 Å². The molecule has 0 aliphatic heterocycles. The summed E-state index contributed by atoms with van der Waals surface area (Å²) in [5.74, 6) is 1.39. The van der Waals surface area contributed by atoms with E-state index in [4.69, 9.17) is 17.3 Å². The van der Waals surface area contributed by atoms with E-state index in [1.165, 1.54) is 0 Å². The van der Waals surface area contributed by atoms with E-state index in [0.717, 1.165) is 18.8 Å². The molecule has 1 heterocycles. The lowest BCUT2D eigenvalue weighted by molar-refractivity contribution is 0.558. The smallest absolute Gasteiger partial charge is 0.153 e. The molecule has 0 aromatic carbocycles. The molecule has 3 nitrogen and oxygen atoms in total. The quantitative estimate of drug-likeness (QED) is 0.805. The molecule has 0 aliphatic carbocycles. The van der Waals surface area contributed by atoms with Gasteiger partial charge >= 0.3 is 0 Å². The highest BCUT2D eigenvalue weighted by Crippen LogP contribution is 2.22. The van der Waals surface area contributed by atoms with Gasteiger partial charge in [0.2, 0.25) is 0 Å². The van der Waals surface area contributed by atoms with Crippen molar-refractivity contribution in [3.05, 3.63) is 17.3 Å². The highest BCUT2D eigenvalue weighted by molar-refractivity contribution is 6.29. The fourth-order valence-electron chi connectivity index (χ4n) is 1.42. The standard InChI is InChI=1S/C11H18ClN3/c1-4-8(2)7-15(3)11-9(13)5-6-10(12)14-11/h5-6,8H,4,7,13H2,1-3H3. The number of nitrogens with zero attached hydrogens (tertiary/aromatic N) is 2. The van der Waals surface area contributed by atoms with Crippen LogP contribution in [-0.4, -0.2) is 18.6 Å². The van der Waals surface area contributed by atoms with Gasteiger partial charge in [-0.25, -0.2) is 4.98 Å². The second kappa shape index (κ2) is 5.21. The summed E-state index contributed by atoms with van der Waals surface area (Å²) in [5.41, 5.74) is 6.52. The Balaban J connectivity index is 2.80. The van der Waals surface area contributed by atoms with Gasteiger partial charge in [0, 0.05) is 13.6 Å². The van der Waals surface area contributed by atoms with Gasteiger partial charge in [-0.1, -0.05) is 31.9 Å². The largest absolute Gasteiger partial charge is 0.396 e. The van der Waals surface area contributed by atoms with Gasteiger partial charge in [0.15, 0.2) is 5.82 Å². The van der Waals surface area contributed by atoms with Gasteiger partial charge in [-0.15, -0.1) is 0 Å². The van der Waals surface area contributed by atoms with Crippen LogP contribution in [0.5, 0.6) is 0 Å². The number of nitrogen functional groups attached to an aromatic ring is 1. The molecule has 0 amide bonds. The van der Waals surface area contributed by atoms with E-state index in [9.17, 15) is 0 Å². The van der Waals surface area contributed by atoms with Gasteiger partial charge in [-0.2, -0.15) is 0 Å². The Bertz CT molecular complexity index is 328. The highest BCUT2D eigenvalue weighted by atomic mass is 35.5. The fraction of sp³-hybridized carbons (Fsp3) is 0.545. The molecule has 0 aliphatic rings. The molecule has 84 valence electrons. The molecule has 1 atom stereocenters. The van der Waals surface area contributed by atoms with Crippen LogP contribution in [-0.2, 0) is 0 Å². The Labute approximate surface area is 96.2 Å². The van der Waals surface area contributed by atoms with Crippen molar-refractivity contribution in [3.63, 3.8) is 0 Å². The zero-order valence-corrected chi connectivity index (χ0v) is 10.3. The minimum Gasteiger partial charge on any atom is -0.396 e. The van der Waals surface area contributed by atoms with E-state index in [1.54, 1.807) is 12.1 Å². The van der Waals surface area contributed by atoms with Crippen LogP contribution in [0.4, 0.5) is 11.5 Å². The number of halogens is 1. The normalized spacial score (nSPS) is 12.5. The van der Waals surface area contributed by atoms with Crippen LogP contribution in [0.2, 0.25) is 5.15 Å². The maximum atomic E-state index is 5.84. The second-order valence-corrected chi connectivity index (χ2v) is 4.33. The molecular weight excluding hydrogens is 210 g/mol. The lowest BCUT2D eigenvalue weighted by atomic mass is 10.1. The molecule has 0 saturated carbocycles. The lowest BCUT2D eigenvalue weighted by Crippen LogP contribution is -2.25. The summed E-state index contributed by atoms with van der Waals surface area (Å²) in [6.45, 7) is 5.32. The average molecular weight is 228 g/mol. The van der Waals surface area contributed by atoms with Crippen LogP contribution in [0, 0.1) is 5.92 Å². The molecule has 4 heteroatoms. The van der Waals surface area contributed by atoms with Crippen LogP contribution >= 0.6 is 11.6 Å². The predicted octanol–water partition coefficient (Wildman–Crippen LogP) is 2.80. The Morgan fingerprint density at radius 1 is 1.53 bits per heavy atom. The average Bonchev–Trinajstić information content (AvgIpc) is 2.21. The van der Waals surface area contributed by atoms with Gasteiger partial charge in [0.1, 0.15) is 5.15 Å². The van der Waals surface area contributed by atoms with Gasteiger partial charge < -0.3 is 10.6 Å². The molecular formula is C11H18ClN3. The van der Waals surface area contributed by atoms with Crippen molar-refractivity contribution in [1.29, 1.82) is 0 Å². The minimum absolute atomic E-state index is 0.482. The summed E-state index contributed by atoms with van der Waals surface area (Å²) in [6, 6.07) is 3.50. The summed E-state index contributed by atoms with van der Waals surface area (Å²) in [6.07, 6.45) is 1.14. The molecule has 0 radical (unpaired) electrons. The lowest BCUT2D eigenvalue weighted by Gasteiger charge is -2.23. The zero-order chi connectivity index (χ0) is 11.4. The van der Waals surface area contributed by atoms with Gasteiger partial charge in [-0.3, -0.25) is 0 Å². The van der Waals surface area contributed by atoms with Crippen molar-refractivity contribution < 1.29 is 0 Å². The number of rotatable bonds is 4. The van der Waals surface area contributed by atoms with Crippen LogP contribution < -0.4 is 10.6 Å². The third-order valence-corrected chi connectivity index (χ3v) is 2.73. The Morgan fingerprint density at radius 2 is 2.20 bits per heavy atom. The van der Waals surface area contributed by atoms with E-state index in [-0.39, 0.29) is 0 Å². The molecule has 1 aromatic rings. The van der Waals surface area contributed by atoms with Gasteiger partial charge in [0.05, 0.1) is 5.69 Å². The van der Waals surface area contributed by atoms with Crippen LogP contribution in [0.3, 0.4) is 0 Å². The van der Waals surface area contributed by atoms with Crippen molar-refractivity contribution in [1.82, 2.24) is 4.98 Å². The van der Waals surface area contributed by atoms with E-state index in [0.29, 0.717) is 16.8 Å². The first-order chi connectivity index (χ1) is 7.04. The summed E-state index contributed by atoms with van der Waals surface area (Å²) >= 11 is 5.84. The number of hydrogen-bond acceptors (Lipinski definition) is 3. The van der Waals surface area contributed by atoms with Crippen LogP contribution in [0.25, 0.3) is 0 Å². The minimum atomic E-state index is 0.482. The van der Waals surface area contributed by atoms with Crippen LogP contribution in [0.15, 0.2) is 12.1 Å². The Kier molecular flexibility index (Phi) is 4.21. The molecule has 1 unspecified atom stereocenters. The third kappa shape index (κ3) is 3.27. The molecule has 0 fully saturated rings. The summed E-state index contributed by atoms with van der Waals surface area (Å²) in [5, 5.41) is 0.482. The maximum Gasteiger partial charge on any atom is 0.153 e. The molecule has 0 spiro atoms. The first kappa shape index (κ1) is 12.1. The fourth-order valence-corrected chi connectivity index (χ4v) is 1.57. The molecule has 2 N–H and O–H groups in total. The summed E-state index contributed by atoms with van der Waals surface area (Å²) < 4.78 is 0. The zero-order valence-electron chi connectivity index (χ0n) is 9.50. The molecule has 1 aromatic heterocycles. The Morgan fingerprint density at radius 3 is 2.80 bits per heavy atom. The van der Waals surface area contributed by atoms with E-state index >= 15 is 0 Å². The number of aromatic nitrogens is 1. The predicted molar refractivity (Wildman–Crippen MR) is 66.4 cm³/mol. The number of pyridine rings is 1. The van der Waals surface area contributed by atoms with Crippen molar-refractivity contribution in [2.75, 3.05) is 24.2 Å². The third-order valence-electron chi connectivity index (χ3n) is 2.52. The maximum absolute atomic E-state index is 5.84. The SMILES string of the molecule is CCC(C)CN(C)c1nc(Cl)ccc1N. The van der Waals surface area contributed by atoms with Gasteiger partial charge in [0.25, 0.3) is 0 Å². The first-order valence-corrected chi connectivity index (χ1v) is 5.55.